The Morgan fingerprint density at radius 2 is 1.35 bits per heavy atom. The van der Waals surface area contributed by atoms with Crippen molar-refractivity contribution in [1.29, 1.82) is 0 Å². The molecule has 8 rings (SSSR count). The van der Waals surface area contributed by atoms with Crippen molar-refractivity contribution in [2.75, 3.05) is 0 Å². The van der Waals surface area contributed by atoms with Crippen LogP contribution in [0, 0.1) is 0 Å². The summed E-state index contributed by atoms with van der Waals surface area (Å²) in [6.45, 7) is 4.67. The zero-order chi connectivity index (χ0) is 24.7. The van der Waals surface area contributed by atoms with Crippen LogP contribution in [-0.4, -0.2) is 14.1 Å². The van der Waals surface area contributed by atoms with Gasteiger partial charge in [0, 0.05) is 44.7 Å². The second-order valence-corrected chi connectivity index (χ2v) is 10.5. The molecule has 0 N–H and O–H groups in total. The van der Waals surface area contributed by atoms with Gasteiger partial charge in [-0.05, 0) is 47.5 Å². The Kier molecular flexibility index (Phi) is 4.00. The molecule has 0 bridgehead atoms. The molecule has 0 saturated carbocycles. The molecule has 4 aromatic carbocycles. The van der Waals surface area contributed by atoms with Gasteiger partial charge in [0.1, 0.15) is 5.82 Å². The van der Waals surface area contributed by atoms with Crippen molar-refractivity contribution >= 4 is 32.7 Å². The Bertz CT molecular complexity index is 1990. The van der Waals surface area contributed by atoms with Gasteiger partial charge in [0.25, 0.3) is 0 Å². The molecule has 0 atom stereocenters. The van der Waals surface area contributed by atoms with E-state index in [-0.39, 0.29) is 5.41 Å². The summed E-state index contributed by atoms with van der Waals surface area (Å²) in [4.78, 5) is 4.99. The molecule has 0 saturated heterocycles. The highest BCUT2D eigenvalue weighted by atomic mass is 15.1. The van der Waals surface area contributed by atoms with Crippen LogP contribution < -0.4 is 0 Å². The molecule has 1 aliphatic rings. The fourth-order valence-electron chi connectivity index (χ4n) is 6.35. The van der Waals surface area contributed by atoms with Crippen molar-refractivity contribution in [1.82, 2.24) is 14.1 Å². The molecule has 4 heterocycles. The van der Waals surface area contributed by atoms with Gasteiger partial charge in [-0.15, -0.1) is 0 Å². The maximum Gasteiger partial charge on any atom is 0.137 e. The lowest BCUT2D eigenvalue weighted by molar-refractivity contribution is 0.645. The van der Waals surface area contributed by atoms with E-state index in [2.05, 4.69) is 126 Å². The summed E-state index contributed by atoms with van der Waals surface area (Å²) in [5.74, 6) is 0.935. The van der Waals surface area contributed by atoms with Crippen molar-refractivity contribution in [2.24, 2.45) is 0 Å². The van der Waals surface area contributed by atoms with Crippen LogP contribution in [0.15, 0.2) is 115 Å². The summed E-state index contributed by atoms with van der Waals surface area (Å²) in [5.41, 5.74) is 9.87. The Labute approximate surface area is 215 Å². The lowest BCUT2D eigenvalue weighted by Crippen LogP contribution is -2.14. The van der Waals surface area contributed by atoms with Gasteiger partial charge in [0.2, 0.25) is 0 Å². The van der Waals surface area contributed by atoms with Gasteiger partial charge in [0.05, 0.1) is 16.6 Å². The zero-order valence-corrected chi connectivity index (χ0v) is 20.8. The first-order chi connectivity index (χ1) is 18.1. The maximum absolute atomic E-state index is 4.99. The molecule has 0 amide bonds. The molecule has 3 heteroatoms. The summed E-state index contributed by atoms with van der Waals surface area (Å²) in [6.07, 6.45) is 1.99. The molecular formula is C34H25N3. The highest BCUT2D eigenvalue weighted by molar-refractivity contribution is 6.18. The molecule has 176 valence electrons. The number of fused-ring (bicyclic) bond motifs is 9. The van der Waals surface area contributed by atoms with Crippen LogP contribution >= 0.6 is 0 Å². The minimum absolute atomic E-state index is 0.0611. The molecule has 7 aromatic rings. The molecular weight excluding hydrogens is 450 g/mol. The monoisotopic (exact) mass is 475 g/mol. The van der Waals surface area contributed by atoms with E-state index in [4.69, 9.17) is 4.98 Å². The first-order valence-corrected chi connectivity index (χ1v) is 12.8. The molecule has 0 unspecified atom stereocenters. The van der Waals surface area contributed by atoms with Gasteiger partial charge < -0.3 is 4.57 Å². The topological polar surface area (TPSA) is 22.8 Å². The summed E-state index contributed by atoms with van der Waals surface area (Å²) in [6, 6.07) is 39.2. The molecule has 1 aliphatic heterocycles. The first kappa shape index (κ1) is 20.6. The van der Waals surface area contributed by atoms with Gasteiger partial charge >= 0.3 is 0 Å². The molecule has 0 aliphatic carbocycles. The summed E-state index contributed by atoms with van der Waals surface area (Å²) in [7, 11) is 0. The third-order valence-electron chi connectivity index (χ3n) is 8.16. The molecule has 37 heavy (non-hydrogen) atoms. The largest absolute Gasteiger partial charge is 0.312 e. The number of benzene rings is 4. The van der Waals surface area contributed by atoms with Crippen molar-refractivity contribution < 1.29 is 0 Å². The molecule has 0 fully saturated rings. The summed E-state index contributed by atoms with van der Waals surface area (Å²) in [5, 5.41) is 3.77. The normalized spacial score (nSPS) is 13.9. The van der Waals surface area contributed by atoms with Crippen LogP contribution in [0.2, 0.25) is 0 Å². The van der Waals surface area contributed by atoms with E-state index >= 15 is 0 Å². The number of pyridine rings is 1. The highest BCUT2D eigenvalue weighted by Crippen LogP contribution is 2.47. The molecule has 0 radical (unpaired) electrons. The number of para-hydroxylation sites is 2. The maximum atomic E-state index is 4.99. The van der Waals surface area contributed by atoms with E-state index in [1.807, 2.05) is 12.3 Å². The van der Waals surface area contributed by atoms with Crippen molar-refractivity contribution in [3.8, 4) is 22.6 Å². The Balaban J connectivity index is 1.45. The predicted molar refractivity (Wildman–Crippen MR) is 153 cm³/mol. The average Bonchev–Trinajstić information content (AvgIpc) is 3.57. The highest BCUT2D eigenvalue weighted by Gasteiger charge is 2.37. The fourth-order valence-corrected chi connectivity index (χ4v) is 6.35. The number of aromatic nitrogens is 3. The van der Waals surface area contributed by atoms with Crippen molar-refractivity contribution in [2.45, 2.75) is 19.3 Å². The molecule has 3 aromatic heterocycles. The Morgan fingerprint density at radius 1 is 0.595 bits per heavy atom. The van der Waals surface area contributed by atoms with E-state index in [9.17, 15) is 0 Å². The van der Waals surface area contributed by atoms with E-state index in [0.717, 1.165) is 11.4 Å². The van der Waals surface area contributed by atoms with Crippen molar-refractivity contribution in [3.05, 3.63) is 127 Å². The second kappa shape index (κ2) is 7.21. The van der Waals surface area contributed by atoms with Crippen LogP contribution in [0.1, 0.15) is 25.1 Å². The van der Waals surface area contributed by atoms with Crippen LogP contribution in [-0.2, 0) is 5.41 Å². The van der Waals surface area contributed by atoms with E-state index < -0.39 is 0 Å². The van der Waals surface area contributed by atoms with Gasteiger partial charge in [-0.2, -0.15) is 0 Å². The average molecular weight is 476 g/mol. The Morgan fingerprint density at radius 3 is 2.19 bits per heavy atom. The van der Waals surface area contributed by atoms with Crippen LogP contribution in [0.5, 0.6) is 0 Å². The smallest absolute Gasteiger partial charge is 0.137 e. The van der Waals surface area contributed by atoms with Gasteiger partial charge in [0.15, 0.2) is 0 Å². The minimum atomic E-state index is -0.0611. The number of rotatable bonds is 2. The zero-order valence-electron chi connectivity index (χ0n) is 20.8. The van der Waals surface area contributed by atoms with E-state index in [1.54, 1.807) is 0 Å². The predicted octanol–water partition coefficient (Wildman–Crippen LogP) is 8.43. The van der Waals surface area contributed by atoms with E-state index in [1.165, 1.54) is 55.2 Å². The summed E-state index contributed by atoms with van der Waals surface area (Å²) >= 11 is 0. The standard InChI is InChI=1S/C34H25N3/c1-34(2)27-13-7-9-15-30(27)36-29-18-17-25-24-12-6-8-14-28(24)37(33(25)26(29)20-31(34)36)32-19-16-23(21-35-32)22-10-4-3-5-11-22/h3-21H,1-2H3. The minimum Gasteiger partial charge on any atom is -0.312 e. The third-order valence-corrected chi connectivity index (χ3v) is 8.16. The quantitative estimate of drug-likeness (QED) is 0.246. The Hall–Kier alpha value is -4.63. The van der Waals surface area contributed by atoms with Crippen molar-refractivity contribution in [3.63, 3.8) is 0 Å². The number of hydrogen-bond donors (Lipinski definition) is 0. The number of hydrogen-bond acceptors (Lipinski definition) is 1. The number of nitrogens with zero attached hydrogens (tertiary/aromatic N) is 3. The van der Waals surface area contributed by atoms with Crippen LogP contribution in [0.3, 0.4) is 0 Å². The second-order valence-electron chi connectivity index (χ2n) is 10.5. The summed E-state index contributed by atoms with van der Waals surface area (Å²) < 4.78 is 4.80. The lowest BCUT2D eigenvalue weighted by atomic mass is 9.83. The van der Waals surface area contributed by atoms with Crippen LogP contribution in [0.4, 0.5) is 0 Å². The third kappa shape index (κ3) is 2.69. The van der Waals surface area contributed by atoms with Gasteiger partial charge in [-0.1, -0.05) is 86.6 Å². The first-order valence-electron chi connectivity index (χ1n) is 12.8. The lowest BCUT2D eigenvalue weighted by Gasteiger charge is -2.18. The van der Waals surface area contributed by atoms with Gasteiger partial charge in [-0.25, -0.2) is 4.98 Å². The SMILES string of the molecule is CC1(C)c2ccccc2-n2c1cc1c2ccc2c3ccccc3n(-c3ccc(-c4ccccc4)cn3)c21. The molecule has 0 spiro atoms. The fraction of sp³-hybridized carbons (Fsp3) is 0.0882. The van der Waals surface area contributed by atoms with E-state index in [0.29, 0.717) is 0 Å². The van der Waals surface area contributed by atoms with Gasteiger partial charge in [-0.3, -0.25) is 4.57 Å². The van der Waals surface area contributed by atoms with Crippen LogP contribution in [0.25, 0.3) is 55.3 Å². The molecule has 3 nitrogen and oxygen atoms in total.